The smallest absolute Gasteiger partial charge is 0.212 e. The van der Waals surface area contributed by atoms with Crippen LogP contribution in [0.15, 0.2) is 66.9 Å². The standard InChI is InChI=1S/C33H30F2N2O3/c1-20-11-29(40-3)12-21(2)32(20)30-5-4-9-36-33(30)24(13-22-14-25(34)17-26(35)15-22)16-28(39)19-37-10-8-23-6-7-27(38)18-31(23)37/h4-7,9-12,14-15,17-18,24H,8,13,16,19H2,1-3H3/p+1. The number of ether oxygens (including phenoxy) is 1. The highest BCUT2D eigenvalue weighted by atomic mass is 19.1. The van der Waals surface area contributed by atoms with E-state index in [2.05, 4.69) is 0 Å². The van der Waals surface area contributed by atoms with Crippen LogP contribution in [0.5, 0.6) is 11.5 Å². The number of hydrogen-bond acceptors (Lipinski definition) is 4. The summed E-state index contributed by atoms with van der Waals surface area (Å²) >= 11 is 0. The third kappa shape index (κ3) is 5.78. The van der Waals surface area contributed by atoms with Gasteiger partial charge < -0.3 is 9.84 Å². The van der Waals surface area contributed by atoms with Crippen molar-refractivity contribution in [1.29, 1.82) is 0 Å². The highest BCUT2D eigenvalue weighted by molar-refractivity contribution is 5.83. The predicted molar refractivity (Wildman–Crippen MR) is 151 cm³/mol. The molecule has 0 bridgehead atoms. The number of benzene rings is 3. The summed E-state index contributed by atoms with van der Waals surface area (Å²) in [5, 5.41) is 9.96. The second kappa shape index (κ2) is 11.4. The summed E-state index contributed by atoms with van der Waals surface area (Å²) in [7, 11) is 1.63. The number of hydrogen-bond donors (Lipinski definition) is 1. The van der Waals surface area contributed by atoms with Crippen molar-refractivity contribution >= 4 is 17.7 Å². The van der Waals surface area contributed by atoms with Crippen molar-refractivity contribution in [3.63, 3.8) is 0 Å². The van der Waals surface area contributed by atoms with E-state index in [1.54, 1.807) is 25.4 Å². The van der Waals surface area contributed by atoms with Gasteiger partial charge in [0.15, 0.2) is 12.0 Å². The summed E-state index contributed by atoms with van der Waals surface area (Å²) in [6.45, 7) is 4.12. The van der Waals surface area contributed by atoms with Gasteiger partial charge >= 0.3 is 0 Å². The number of aryl methyl sites for hydroxylation is 2. The van der Waals surface area contributed by atoms with E-state index in [4.69, 9.17) is 9.72 Å². The van der Waals surface area contributed by atoms with Gasteiger partial charge in [0.25, 0.3) is 0 Å². The highest BCUT2D eigenvalue weighted by Gasteiger charge is 2.28. The Balaban J connectivity index is 1.52. The van der Waals surface area contributed by atoms with Gasteiger partial charge in [-0.25, -0.2) is 8.78 Å². The molecule has 1 aromatic heterocycles. The van der Waals surface area contributed by atoms with Crippen molar-refractivity contribution in [3.05, 3.63) is 106 Å². The fourth-order valence-corrected chi connectivity index (χ4v) is 5.68. The number of phenolic OH excluding ortho intramolecular Hbond substituents is 1. The fraction of sp³-hybridized carbons (Fsp3) is 0.242. The van der Waals surface area contributed by atoms with Gasteiger partial charge in [-0.1, -0.05) is 6.07 Å². The van der Waals surface area contributed by atoms with Crippen molar-refractivity contribution in [3.8, 4) is 22.6 Å². The molecule has 1 atom stereocenters. The zero-order chi connectivity index (χ0) is 28.4. The second-order valence-corrected chi connectivity index (χ2v) is 10.3. The quantitative estimate of drug-likeness (QED) is 0.242. The number of aromatic nitrogens is 1. The summed E-state index contributed by atoms with van der Waals surface area (Å²) in [4.78, 5) is 18.3. The summed E-state index contributed by atoms with van der Waals surface area (Å²) in [5.74, 6) is -0.913. The number of phenols is 1. The molecule has 5 rings (SSSR count). The first-order valence-electron chi connectivity index (χ1n) is 13.2. The Kier molecular flexibility index (Phi) is 7.74. The molecule has 0 aliphatic carbocycles. The van der Waals surface area contributed by atoms with E-state index in [-0.39, 0.29) is 30.9 Å². The molecule has 0 spiro atoms. The second-order valence-electron chi connectivity index (χ2n) is 10.3. The topological polar surface area (TPSA) is 62.4 Å². The molecular weight excluding hydrogens is 510 g/mol. The van der Waals surface area contributed by atoms with Crippen LogP contribution in [0.1, 0.15) is 40.3 Å². The number of carbonyl (C=O) groups excluding carboxylic acids is 1. The highest BCUT2D eigenvalue weighted by Crippen LogP contribution is 2.37. The van der Waals surface area contributed by atoms with Crippen LogP contribution < -0.4 is 4.74 Å². The molecule has 0 radical (unpaired) electrons. The van der Waals surface area contributed by atoms with Gasteiger partial charge in [0, 0.05) is 35.7 Å². The first kappa shape index (κ1) is 27.2. The molecule has 40 heavy (non-hydrogen) atoms. The average Bonchev–Trinajstić information content (AvgIpc) is 3.29. The van der Waals surface area contributed by atoms with Crippen LogP contribution >= 0.6 is 0 Å². The van der Waals surface area contributed by atoms with Crippen LogP contribution in [0, 0.1) is 25.5 Å². The molecule has 0 saturated carbocycles. The summed E-state index contributed by atoms with van der Waals surface area (Å²) < 4.78 is 35.6. The maximum absolute atomic E-state index is 14.1. The molecule has 1 aliphatic heterocycles. The van der Waals surface area contributed by atoms with Crippen LogP contribution in [0.2, 0.25) is 0 Å². The summed E-state index contributed by atoms with van der Waals surface area (Å²) in [5.41, 5.74) is 6.85. The number of fused-ring (bicyclic) bond motifs is 1. The van der Waals surface area contributed by atoms with Crippen LogP contribution in [0.4, 0.5) is 14.5 Å². The average molecular weight is 542 g/mol. The van der Waals surface area contributed by atoms with Crippen molar-refractivity contribution in [2.75, 3.05) is 13.7 Å². The van der Waals surface area contributed by atoms with Crippen LogP contribution in [0.25, 0.3) is 11.1 Å². The largest absolute Gasteiger partial charge is 0.508 e. The lowest BCUT2D eigenvalue weighted by Crippen LogP contribution is -2.20. The molecule has 1 unspecified atom stereocenters. The van der Waals surface area contributed by atoms with Gasteiger partial charge in [-0.15, -0.1) is 0 Å². The Labute approximate surface area is 232 Å². The Morgan fingerprint density at radius 2 is 1.77 bits per heavy atom. The molecule has 0 fully saturated rings. The number of halogens is 2. The summed E-state index contributed by atoms with van der Waals surface area (Å²) in [6, 6.07) is 16.3. The Morgan fingerprint density at radius 1 is 1.05 bits per heavy atom. The van der Waals surface area contributed by atoms with Crippen molar-refractivity contribution in [1.82, 2.24) is 4.98 Å². The number of Topliss-reactive ketones (excluding diaryl/α,β-unsaturated/α-hetero) is 1. The molecule has 2 heterocycles. The van der Waals surface area contributed by atoms with Gasteiger partial charge in [-0.3, -0.25) is 9.78 Å². The number of carbonyl (C=O) groups is 1. The van der Waals surface area contributed by atoms with Gasteiger partial charge in [-0.2, -0.15) is 4.58 Å². The van der Waals surface area contributed by atoms with E-state index in [0.717, 1.165) is 45.3 Å². The Bertz CT molecular complexity index is 1590. The molecule has 1 N–H and O–H groups in total. The minimum Gasteiger partial charge on any atom is -0.508 e. The number of nitrogens with zero attached hydrogens (tertiary/aromatic N) is 2. The van der Waals surface area contributed by atoms with Gasteiger partial charge in [0.1, 0.15) is 23.1 Å². The SMILES string of the molecule is COc1cc(C)c(-c2cccnc2C(CC(=O)C[N+]2=CCc3ccc(O)cc32)Cc2cc(F)cc(F)c2)c(C)c1. The third-order valence-electron chi connectivity index (χ3n) is 7.37. The number of ketones is 1. The summed E-state index contributed by atoms with van der Waals surface area (Å²) in [6.07, 6.45) is 4.66. The molecule has 7 heteroatoms. The van der Waals surface area contributed by atoms with E-state index < -0.39 is 17.6 Å². The van der Waals surface area contributed by atoms with E-state index in [1.165, 1.54) is 12.1 Å². The third-order valence-corrected chi connectivity index (χ3v) is 7.37. The zero-order valence-corrected chi connectivity index (χ0v) is 22.7. The molecule has 0 saturated heterocycles. The van der Waals surface area contributed by atoms with Crippen molar-refractivity contribution < 1.29 is 28.0 Å². The lowest BCUT2D eigenvalue weighted by Gasteiger charge is -2.21. The van der Waals surface area contributed by atoms with Crippen LogP contribution in [-0.4, -0.2) is 40.3 Å². The van der Waals surface area contributed by atoms with Gasteiger partial charge in [-0.05, 0) is 85.0 Å². The molecular formula is C33H31F2N2O3+. The molecule has 5 nitrogen and oxygen atoms in total. The maximum Gasteiger partial charge on any atom is 0.212 e. The Hall–Kier alpha value is -4.39. The van der Waals surface area contributed by atoms with E-state index >= 15 is 0 Å². The van der Waals surface area contributed by atoms with Gasteiger partial charge in [0.2, 0.25) is 12.2 Å². The van der Waals surface area contributed by atoms with Crippen LogP contribution in [-0.2, 0) is 17.6 Å². The maximum atomic E-state index is 14.1. The van der Waals surface area contributed by atoms with E-state index in [9.17, 15) is 18.7 Å². The molecule has 204 valence electrons. The first-order valence-corrected chi connectivity index (χ1v) is 13.2. The predicted octanol–water partition coefficient (Wildman–Crippen LogP) is 6.61. The fourth-order valence-electron chi connectivity index (χ4n) is 5.68. The number of rotatable bonds is 9. The zero-order valence-electron chi connectivity index (χ0n) is 22.7. The van der Waals surface area contributed by atoms with Crippen molar-refractivity contribution in [2.45, 2.75) is 39.0 Å². The Morgan fingerprint density at radius 3 is 2.48 bits per heavy atom. The number of aromatic hydroxyl groups is 1. The molecule has 3 aromatic carbocycles. The van der Waals surface area contributed by atoms with Gasteiger partial charge in [0.05, 0.1) is 25.3 Å². The molecule has 0 amide bonds. The minimum atomic E-state index is -0.661. The minimum absolute atomic E-state index is 0.0471. The van der Waals surface area contributed by atoms with E-state index in [0.29, 0.717) is 17.7 Å². The number of pyridine rings is 1. The monoisotopic (exact) mass is 541 g/mol. The molecule has 4 aromatic rings. The normalized spacial score (nSPS) is 13.1. The lowest BCUT2D eigenvalue weighted by atomic mass is 9.85. The molecule has 1 aliphatic rings. The van der Waals surface area contributed by atoms with E-state index in [1.807, 2.05) is 55.0 Å². The number of methoxy groups -OCH3 is 1. The lowest BCUT2D eigenvalue weighted by molar-refractivity contribution is -0.420. The first-order chi connectivity index (χ1) is 19.2. The van der Waals surface area contributed by atoms with Crippen LogP contribution in [0.3, 0.4) is 0 Å². The van der Waals surface area contributed by atoms with Crippen molar-refractivity contribution in [2.24, 2.45) is 0 Å².